The molecule has 2 amide bonds. The molecule has 0 spiro atoms. The zero-order valence-electron chi connectivity index (χ0n) is 15.6. The first-order chi connectivity index (χ1) is 13.5. The number of hydrogen-bond acceptors (Lipinski definition) is 5. The van der Waals surface area contributed by atoms with E-state index in [1.54, 1.807) is 12.1 Å². The average molecular weight is 393 g/mol. The number of aryl methyl sites for hydroxylation is 2. The van der Waals surface area contributed by atoms with E-state index in [9.17, 15) is 9.59 Å². The van der Waals surface area contributed by atoms with E-state index in [1.165, 1.54) is 16.2 Å². The lowest BCUT2D eigenvalue weighted by molar-refractivity contribution is -0.123. The molecule has 0 radical (unpaired) electrons. The highest BCUT2D eigenvalue weighted by atomic mass is 32.1. The molecule has 0 atom stereocenters. The van der Waals surface area contributed by atoms with Gasteiger partial charge < -0.3 is 10.1 Å². The summed E-state index contributed by atoms with van der Waals surface area (Å²) >= 11 is 1.36. The molecule has 1 aromatic heterocycles. The van der Waals surface area contributed by atoms with Crippen LogP contribution in [0.3, 0.4) is 0 Å². The Hall–Kier alpha value is -3.19. The summed E-state index contributed by atoms with van der Waals surface area (Å²) in [6.07, 6.45) is 0. The molecular formula is C21H19N3O3S. The summed E-state index contributed by atoms with van der Waals surface area (Å²) < 4.78 is 5.41. The molecule has 28 heavy (non-hydrogen) atoms. The Morgan fingerprint density at radius 1 is 1.25 bits per heavy atom. The first-order valence-corrected chi connectivity index (χ1v) is 9.74. The maximum absolute atomic E-state index is 12.5. The minimum absolute atomic E-state index is 0.0711. The number of nitrogens with zero attached hydrogens (tertiary/aromatic N) is 2. The summed E-state index contributed by atoms with van der Waals surface area (Å²) in [5.41, 5.74) is 4.76. The van der Waals surface area contributed by atoms with Gasteiger partial charge in [-0.25, -0.2) is 4.98 Å². The van der Waals surface area contributed by atoms with Crippen LogP contribution in [0, 0.1) is 13.8 Å². The van der Waals surface area contributed by atoms with Gasteiger partial charge in [-0.05, 0) is 37.6 Å². The van der Waals surface area contributed by atoms with Crippen molar-refractivity contribution in [2.45, 2.75) is 13.8 Å². The maximum Gasteiger partial charge on any atom is 0.265 e. The Kier molecular flexibility index (Phi) is 4.83. The van der Waals surface area contributed by atoms with Gasteiger partial charge in [0.1, 0.15) is 12.3 Å². The van der Waals surface area contributed by atoms with Gasteiger partial charge >= 0.3 is 0 Å². The molecule has 6 nitrogen and oxygen atoms in total. The van der Waals surface area contributed by atoms with E-state index in [-0.39, 0.29) is 25.0 Å². The lowest BCUT2D eigenvalue weighted by Crippen LogP contribution is -2.43. The number of hydrogen-bond donors (Lipinski definition) is 1. The summed E-state index contributed by atoms with van der Waals surface area (Å²) in [7, 11) is 0. The maximum atomic E-state index is 12.5. The number of nitrogens with one attached hydrogen (secondary N) is 1. The van der Waals surface area contributed by atoms with Crippen LogP contribution in [0.4, 0.5) is 10.8 Å². The second-order valence-corrected chi connectivity index (χ2v) is 7.50. The highest BCUT2D eigenvalue weighted by Crippen LogP contribution is 2.32. The summed E-state index contributed by atoms with van der Waals surface area (Å²) in [4.78, 5) is 30.7. The van der Waals surface area contributed by atoms with E-state index < -0.39 is 0 Å². The fraction of sp³-hybridized carbons (Fsp3) is 0.190. The predicted molar refractivity (Wildman–Crippen MR) is 110 cm³/mol. The number of carbonyl (C=O) groups excluding carboxylic acids is 2. The average Bonchev–Trinajstić information content (AvgIpc) is 3.14. The largest absolute Gasteiger partial charge is 0.482 e. The third-order valence-electron chi connectivity index (χ3n) is 4.53. The zero-order valence-corrected chi connectivity index (χ0v) is 16.4. The number of anilines is 2. The molecule has 2 aromatic carbocycles. The molecule has 3 aromatic rings. The van der Waals surface area contributed by atoms with Gasteiger partial charge in [-0.2, -0.15) is 0 Å². The van der Waals surface area contributed by atoms with E-state index in [0.717, 1.165) is 22.4 Å². The SMILES string of the molecule is Cc1ccc(C)c(-c2csc(NC(=O)CN3C(=O)COc4ccccc43)n2)c1. The third kappa shape index (κ3) is 3.61. The summed E-state index contributed by atoms with van der Waals surface area (Å²) in [5, 5.41) is 5.23. The molecule has 0 fully saturated rings. The van der Waals surface area contributed by atoms with Gasteiger partial charge in [-0.1, -0.05) is 29.8 Å². The molecular weight excluding hydrogens is 374 g/mol. The number of aromatic nitrogens is 1. The topological polar surface area (TPSA) is 71.5 Å². The number of carbonyl (C=O) groups is 2. The number of rotatable bonds is 4. The Morgan fingerprint density at radius 3 is 2.93 bits per heavy atom. The molecule has 0 aliphatic carbocycles. The number of thiazole rings is 1. The lowest BCUT2D eigenvalue weighted by atomic mass is 10.0. The fourth-order valence-electron chi connectivity index (χ4n) is 3.10. The van der Waals surface area contributed by atoms with Gasteiger partial charge in [-0.15, -0.1) is 11.3 Å². The predicted octanol–water partition coefficient (Wildman–Crippen LogP) is 3.79. The fourth-order valence-corrected chi connectivity index (χ4v) is 3.82. The van der Waals surface area contributed by atoms with Crippen LogP contribution in [0.15, 0.2) is 47.8 Å². The minimum Gasteiger partial charge on any atom is -0.482 e. The summed E-state index contributed by atoms with van der Waals surface area (Å²) in [6.45, 7) is 3.92. The highest BCUT2D eigenvalue weighted by Gasteiger charge is 2.27. The Morgan fingerprint density at radius 2 is 2.07 bits per heavy atom. The lowest BCUT2D eigenvalue weighted by Gasteiger charge is -2.28. The molecule has 1 aliphatic heterocycles. The van der Waals surface area contributed by atoms with Gasteiger partial charge in [0.2, 0.25) is 5.91 Å². The number of ether oxygens (including phenoxy) is 1. The molecule has 2 heterocycles. The van der Waals surface area contributed by atoms with Crippen LogP contribution in [0.25, 0.3) is 11.3 Å². The van der Waals surface area contributed by atoms with Crippen LogP contribution in [0.5, 0.6) is 5.75 Å². The van der Waals surface area contributed by atoms with Crippen molar-refractivity contribution in [2.24, 2.45) is 0 Å². The van der Waals surface area contributed by atoms with Crippen LogP contribution in [0.1, 0.15) is 11.1 Å². The molecule has 0 unspecified atom stereocenters. The van der Waals surface area contributed by atoms with Crippen molar-refractivity contribution in [3.8, 4) is 17.0 Å². The third-order valence-corrected chi connectivity index (χ3v) is 5.29. The number of fused-ring (bicyclic) bond motifs is 1. The second kappa shape index (κ2) is 7.44. The van der Waals surface area contributed by atoms with Crippen LogP contribution < -0.4 is 15.0 Å². The number of para-hydroxylation sites is 2. The van der Waals surface area contributed by atoms with Crippen LogP contribution in [-0.2, 0) is 9.59 Å². The zero-order chi connectivity index (χ0) is 19.7. The Balaban J connectivity index is 1.49. The van der Waals surface area contributed by atoms with Crippen LogP contribution in [-0.4, -0.2) is 29.9 Å². The highest BCUT2D eigenvalue weighted by molar-refractivity contribution is 7.14. The standard InChI is InChI=1S/C21H19N3O3S/c1-13-7-8-14(2)15(9-13)16-12-28-21(22-16)23-19(25)10-24-17-5-3-4-6-18(17)27-11-20(24)26/h3-9,12H,10-11H2,1-2H3,(H,22,23,25). The molecule has 0 bridgehead atoms. The normalized spacial score (nSPS) is 13.1. The van der Waals surface area contributed by atoms with Crippen LogP contribution in [0.2, 0.25) is 0 Å². The van der Waals surface area contributed by atoms with E-state index in [2.05, 4.69) is 28.5 Å². The Bertz CT molecular complexity index is 1060. The van der Waals surface area contributed by atoms with Crippen molar-refractivity contribution in [1.82, 2.24) is 4.98 Å². The first-order valence-electron chi connectivity index (χ1n) is 8.86. The molecule has 142 valence electrons. The quantitative estimate of drug-likeness (QED) is 0.732. The second-order valence-electron chi connectivity index (χ2n) is 6.64. The van der Waals surface area contributed by atoms with E-state index in [1.807, 2.05) is 31.4 Å². The summed E-state index contributed by atoms with van der Waals surface area (Å²) in [6, 6.07) is 13.4. The smallest absolute Gasteiger partial charge is 0.265 e. The molecule has 1 N–H and O–H groups in total. The molecule has 4 rings (SSSR count). The first kappa shape index (κ1) is 18.2. The van der Waals surface area contributed by atoms with Gasteiger partial charge in [-0.3, -0.25) is 14.5 Å². The number of amides is 2. The summed E-state index contributed by atoms with van der Waals surface area (Å²) in [5.74, 6) is 0.0531. The molecule has 0 saturated carbocycles. The minimum atomic E-state index is -0.299. The van der Waals surface area contributed by atoms with Crippen molar-refractivity contribution < 1.29 is 14.3 Å². The monoisotopic (exact) mass is 393 g/mol. The van der Waals surface area contributed by atoms with Crippen LogP contribution >= 0.6 is 11.3 Å². The van der Waals surface area contributed by atoms with Gasteiger partial charge in [0.25, 0.3) is 5.91 Å². The van der Waals surface area contributed by atoms with Crippen molar-refractivity contribution in [1.29, 1.82) is 0 Å². The van der Waals surface area contributed by atoms with E-state index in [0.29, 0.717) is 16.6 Å². The van der Waals surface area contributed by atoms with Gasteiger partial charge in [0.15, 0.2) is 11.7 Å². The van der Waals surface area contributed by atoms with E-state index >= 15 is 0 Å². The van der Waals surface area contributed by atoms with Crippen molar-refractivity contribution in [3.05, 3.63) is 59.0 Å². The van der Waals surface area contributed by atoms with Crippen molar-refractivity contribution in [2.75, 3.05) is 23.4 Å². The molecule has 7 heteroatoms. The van der Waals surface area contributed by atoms with Gasteiger partial charge in [0.05, 0.1) is 11.4 Å². The van der Waals surface area contributed by atoms with Crippen molar-refractivity contribution in [3.63, 3.8) is 0 Å². The van der Waals surface area contributed by atoms with Gasteiger partial charge in [0, 0.05) is 10.9 Å². The van der Waals surface area contributed by atoms with E-state index in [4.69, 9.17) is 4.74 Å². The Labute approximate surface area is 166 Å². The van der Waals surface area contributed by atoms with Crippen molar-refractivity contribution >= 4 is 34.0 Å². The molecule has 1 aliphatic rings. The molecule has 0 saturated heterocycles. The number of benzene rings is 2.